The molecule has 0 aliphatic carbocycles. The minimum atomic E-state index is -0.572. The lowest BCUT2D eigenvalue weighted by Crippen LogP contribution is -1.99. The molecule has 0 unspecified atom stereocenters. The first-order chi connectivity index (χ1) is 10.1. The molecule has 2 rings (SSSR count). The Hall–Kier alpha value is -3.20. The number of ether oxygens (including phenoxy) is 1. The Bertz CT molecular complexity index is 717. The van der Waals surface area contributed by atoms with Crippen LogP contribution in [0.4, 0.5) is 5.69 Å². The average Bonchev–Trinajstić information content (AvgIpc) is 2.53. The van der Waals surface area contributed by atoms with Gasteiger partial charge in [-0.3, -0.25) is 14.9 Å². The summed E-state index contributed by atoms with van der Waals surface area (Å²) in [6.45, 7) is 0.199. The summed E-state index contributed by atoms with van der Waals surface area (Å²) in [6.07, 6.45) is 0.515. The van der Waals surface area contributed by atoms with Crippen LogP contribution in [0.2, 0.25) is 0 Å². The Morgan fingerprint density at radius 1 is 1.24 bits per heavy atom. The van der Waals surface area contributed by atoms with Crippen molar-refractivity contribution in [3.8, 4) is 11.8 Å². The highest BCUT2D eigenvalue weighted by Crippen LogP contribution is 2.23. The maximum absolute atomic E-state index is 11.0. The lowest BCUT2D eigenvalue weighted by Gasteiger charge is -2.08. The van der Waals surface area contributed by atoms with Gasteiger partial charge in [0, 0.05) is 12.1 Å². The van der Waals surface area contributed by atoms with Gasteiger partial charge in [-0.05, 0) is 23.8 Å². The molecular formula is C15H10N2O4. The van der Waals surface area contributed by atoms with Crippen LogP contribution in [0.25, 0.3) is 0 Å². The molecule has 0 saturated heterocycles. The second kappa shape index (κ2) is 6.30. The predicted octanol–water partition coefficient (Wildman–Crippen LogP) is 2.86. The van der Waals surface area contributed by atoms with Crippen LogP contribution in [0.3, 0.4) is 0 Å². The molecule has 0 aliphatic rings. The molecular weight excluding hydrogens is 272 g/mol. The number of benzene rings is 2. The molecule has 0 N–H and O–H groups in total. The smallest absolute Gasteiger partial charge is 0.270 e. The Balaban J connectivity index is 2.13. The van der Waals surface area contributed by atoms with Crippen molar-refractivity contribution >= 4 is 12.0 Å². The van der Waals surface area contributed by atoms with Crippen LogP contribution in [-0.2, 0) is 6.61 Å². The number of rotatable bonds is 5. The number of hydrogen-bond donors (Lipinski definition) is 0. The molecule has 0 aromatic heterocycles. The van der Waals surface area contributed by atoms with E-state index in [2.05, 4.69) is 0 Å². The fraction of sp³-hybridized carbons (Fsp3) is 0.0667. The molecule has 0 aliphatic heterocycles. The van der Waals surface area contributed by atoms with Crippen LogP contribution in [-0.4, -0.2) is 11.2 Å². The second-order valence-electron chi connectivity index (χ2n) is 4.19. The van der Waals surface area contributed by atoms with Crippen molar-refractivity contribution in [3.05, 3.63) is 69.3 Å². The number of nitro benzene ring substituents is 1. The summed E-state index contributed by atoms with van der Waals surface area (Å²) in [7, 11) is 0. The summed E-state index contributed by atoms with van der Waals surface area (Å²) >= 11 is 0. The molecule has 0 radical (unpaired) electrons. The van der Waals surface area contributed by atoms with Gasteiger partial charge in [-0.25, -0.2) is 0 Å². The molecule has 0 fully saturated rings. The van der Waals surface area contributed by atoms with E-state index in [0.717, 1.165) is 5.56 Å². The van der Waals surface area contributed by atoms with E-state index < -0.39 is 4.92 Å². The van der Waals surface area contributed by atoms with E-state index in [0.29, 0.717) is 11.8 Å². The normalized spacial score (nSPS) is 9.67. The van der Waals surface area contributed by atoms with E-state index in [-0.39, 0.29) is 23.6 Å². The molecule has 6 heteroatoms. The van der Waals surface area contributed by atoms with Gasteiger partial charge in [0.05, 0.1) is 22.1 Å². The Morgan fingerprint density at radius 3 is 2.52 bits per heavy atom. The number of hydrogen-bond acceptors (Lipinski definition) is 5. The van der Waals surface area contributed by atoms with Gasteiger partial charge in [0.1, 0.15) is 12.4 Å². The SMILES string of the molecule is N#Cc1ccc(COc2ccc([N+](=O)[O-])cc2C=O)cc1. The van der Waals surface area contributed by atoms with Gasteiger partial charge in [0.25, 0.3) is 5.69 Å². The minimum Gasteiger partial charge on any atom is -0.488 e. The van der Waals surface area contributed by atoms with Crippen molar-refractivity contribution in [2.45, 2.75) is 6.61 Å². The quantitative estimate of drug-likeness (QED) is 0.477. The topological polar surface area (TPSA) is 93.2 Å². The zero-order chi connectivity index (χ0) is 15.2. The number of nitrogens with zero attached hydrogens (tertiary/aromatic N) is 2. The molecule has 104 valence electrons. The van der Waals surface area contributed by atoms with E-state index in [4.69, 9.17) is 10.00 Å². The Kier molecular flexibility index (Phi) is 4.26. The van der Waals surface area contributed by atoms with Crippen molar-refractivity contribution in [3.63, 3.8) is 0 Å². The van der Waals surface area contributed by atoms with E-state index in [1.54, 1.807) is 24.3 Å². The summed E-state index contributed by atoms with van der Waals surface area (Å²) in [5.74, 6) is 0.278. The van der Waals surface area contributed by atoms with E-state index in [1.165, 1.54) is 18.2 Å². The molecule has 6 nitrogen and oxygen atoms in total. The van der Waals surface area contributed by atoms with E-state index >= 15 is 0 Å². The number of non-ortho nitro benzene ring substituents is 1. The first kappa shape index (κ1) is 14.2. The summed E-state index contributed by atoms with van der Waals surface area (Å²) < 4.78 is 5.49. The Labute approximate surface area is 120 Å². The van der Waals surface area contributed by atoms with Crippen LogP contribution in [0, 0.1) is 21.4 Å². The van der Waals surface area contributed by atoms with Crippen LogP contribution >= 0.6 is 0 Å². The van der Waals surface area contributed by atoms with Gasteiger partial charge in [-0.2, -0.15) is 5.26 Å². The predicted molar refractivity (Wildman–Crippen MR) is 74.0 cm³/mol. The minimum absolute atomic E-state index is 0.123. The zero-order valence-corrected chi connectivity index (χ0v) is 10.9. The lowest BCUT2D eigenvalue weighted by atomic mass is 10.1. The second-order valence-corrected chi connectivity index (χ2v) is 4.19. The van der Waals surface area contributed by atoms with E-state index in [1.807, 2.05) is 6.07 Å². The van der Waals surface area contributed by atoms with Crippen molar-refractivity contribution < 1.29 is 14.5 Å². The maximum Gasteiger partial charge on any atom is 0.270 e. The van der Waals surface area contributed by atoms with Gasteiger partial charge < -0.3 is 4.74 Å². The highest BCUT2D eigenvalue weighted by molar-refractivity contribution is 5.80. The number of nitriles is 1. The van der Waals surface area contributed by atoms with Crippen LogP contribution in [0.15, 0.2) is 42.5 Å². The Morgan fingerprint density at radius 2 is 1.95 bits per heavy atom. The number of carbonyl (C=O) groups excluding carboxylic acids is 1. The third kappa shape index (κ3) is 3.42. The number of carbonyl (C=O) groups is 1. The van der Waals surface area contributed by atoms with Crippen LogP contribution in [0.1, 0.15) is 21.5 Å². The standard InChI is InChI=1S/C15H10N2O4/c16-8-11-1-3-12(4-2-11)10-21-15-6-5-14(17(19)20)7-13(15)9-18/h1-7,9H,10H2. The monoisotopic (exact) mass is 282 g/mol. The molecule has 0 spiro atoms. The zero-order valence-electron chi connectivity index (χ0n) is 10.9. The lowest BCUT2D eigenvalue weighted by molar-refractivity contribution is -0.384. The van der Waals surface area contributed by atoms with Crippen molar-refractivity contribution in [2.75, 3.05) is 0 Å². The van der Waals surface area contributed by atoms with Gasteiger partial charge in [0.2, 0.25) is 0 Å². The number of nitro groups is 1. The average molecular weight is 282 g/mol. The van der Waals surface area contributed by atoms with E-state index in [9.17, 15) is 14.9 Å². The van der Waals surface area contributed by atoms with Crippen LogP contribution in [0.5, 0.6) is 5.75 Å². The summed E-state index contributed by atoms with van der Waals surface area (Å²) in [5.41, 5.74) is 1.33. The third-order valence-electron chi connectivity index (χ3n) is 2.81. The number of aldehydes is 1. The van der Waals surface area contributed by atoms with Gasteiger partial charge in [-0.15, -0.1) is 0 Å². The maximum atomic E-state index is 11.0. The summed E-state index contributed by atoms with van der Waals surface area (Å²) in [6, 6.07) is 12.7. The van der Waals surface area contributed by atoms with Crippen molar-refractivity contribution in [1.29, 1.82) is 5.26 Å². The van der Waals surface area contributed by atoms with Gasteiger partial charge >= 0.3 is 0 Å². The highest BCUT2D eigenvalue weighted by atomic mass is 16.6. The van der Waals surface area contributed by atoms with Crippen molar-refractivity contribution in [2.24, 2.45) is 0 Å². The fourth-order valence-electron chi connectivity index (χ4n) is 1.71. The van der Waals surface area contributed by atoms with Gasteiger partial charge in [-0.1, -0.05) is 12.1 Å². The molecule has 0 amide bonds. The molecule has 2 aromatic carbocycles. The molecule has 0 heterocycles. The molecule has 2 aromatic rings. The third-order valence-corrected chi connectivity index (χ3v) is 2.81. The van der Waals surface area contributed by atoms with Gasteiger partial charge in [0.15, 0.2) is 6.29 Å². The molecule has 21 heavy (non-hydrogen) atoms. The molecule has 0 atom stereocenters. The molecule has 0 saturated carbocycles. The summed E-state index contributed by atoms with van der Waals surface area (Å²) in [5, 5.41) is 19.3. The first-order valence-corrected chi connectivity index (χ1v) is 5.99. The summed E-state index contributed by atoms with van der Waals surface area (Å²) in [4.78, 5) is 21.0. The largest absolute Gasteiger partial charge is 0.488 e. The fourth-order valence-corrected chi connectivity index (χ4v) is 1.71. The van der Waals surface area contributed by atoms with Crippen LogP contribution < -0.4 is 4.74 Å². The highest BCUT2D eigenvalue weighted by Gasteiger charge is 2.11. The first-order valence-electron chi connectivity index (χ1n) is 5.99. The molecule has 0 bridgehead atoms. The van der Waals surface area contributed by atoms with Crippen molar-refractivity contribution in [1.82, 2.24) is 0 Å².